The van der Waals surface area contributed by atoms with Crippen LogP contribution in [0.2, 0.25) is 0 Å². The number of cyclic esters (lactones) is 1. The number of nitrogens with zero attached hydrogens (tertiary/aromatic N) is 2. The van der Waals surface area contributed by atoms with Crippen LogP contribution in [0.3, 0.4) is 0 Å². The number of hydrogen-bond donors (Lipinski definition) is 1. The minimum absolute atomic E-state index is 0.160. The predicted molar refractivity (Wildman–Crippen MR) is 95.7 cm³/mol. The van der Waals surface area contributed by atoms with Crippen LogP contribution in [0.1, 0.15) is 46.0 Å². The maximum atomic E-state index is 14.4. The number of fused-ring (bicyclic) bond motifs is 6. The number of rotatable bonds is 0. The van der Waals surface area contributed by atoms with E-state index in [1.54, 1.807) is 0 Å². The topological polar surface area (TPSA) is 64.4 Å². The number of carbonyl (C=O) groups is 1. The molecule has 6 heteroatoms. The summed E-state index contributed by atoms with van der Waals surface area (Å²) in [4.78, 5) is 16.5. The van der Waals surface area contributed by atoms with Gasteiger partial charge >= 0.3 is 5.97 Å². The largest absolute Gasteiger partial charge is 0.457 e. The van der Waals surface area contributed by atoms with Crippen molar-refractivity contribution < 1.29 is 19.0 Å². The molecular formula is C21H17FN2O3. The first-order valence-electron chi connectivity index (χ1n) is 9.25. The molecule has 5 nitrogen and oxygen atoms in total. The second-order valence-corrected chi connectivity index (χ2v) is 7.66. The van der Waals surface area contributed by atoms with Gasteiger partial charge in [-0.1, -0.05) is 0 Å². The highest BCUT2D eigenvalue weighted by Gasteiger charge is 2.36. The number of ether oxygens (including phenoxy) is 1. The Morgan fingerprint density at radius 1 is 1.26 bits per heavy atom. The van der Waals surface area contributed by atoms with E-state index in [0.717, 1.165) is 52.9 Å². The van der Waals surface area contributed by atoms with Crippen LogP contribution in [-0.4, -0.2) is 20.6 Å². The first-order chi connectivity index (χ1) is 13.0. The van der Waals surface area contributed by atoms with Gasteiger partial charge in [0.1, 0.15) is 12.4 Å². The van der Waals surface area contributed by atoms with Crippen molar-refractivity contribution in [2.24, 2.45) is 0 Å². The number of halogens is 1. The summed E-state index contributed by atoms with van der Waals surface area (Å²) in [5, 5.41) is 11.3. The van der Waals surface area contributed by atoms with Crippen molar-refractivity contribution in [3.63, 3.8) is 0 Å². The maximum absolute atomic E-state index is 14.4. The fourth-order valence-electron chi connectivity index (χ4n) is 4.99. The molecule has 2 aromatic heterocycles. The Labute approximate surface area is 154 Å². The Balaban J connectivity index is 1.65. The molecule has 0 saturated carbocycles. The zero-order valence-electron chi connectivity index (χ0n) is 14.8. The van der Waals surface area contributed by atoms with Gasteiger partial charge in [-0.2, -0.15) is 0 Å². The van der Waals surface area contributed by atoms with Crippen LogP contribution in [-0.2, 0) is 35.5 Å². The number of carbonyl (C=O) groups excluding carboxylic acids is 1. The third-order valence-corrected chi connectivity index (χ3v) is 6.34. The molecule has 1 aromatic carbocycles. The van der Waals surface area contributed by atoms with Gasteiger partial charge in [0.2, 0.25) is 0 Å². The number of aryl methyl sites for hydroxylation is 2. The molecule has 1 N–H and O–H groups in total. The maximum Gasteiger partial charge on any atom is 0.340 e. The lowest BCUT2D eigenvalue weighted by molar-refractivity contribution is -0.157. The Kier molecular flexibility index (Phi) is 2.81. The van der Waals surface area contributed by atoms with E-state index < -0.39 is 12.1 Å². The molecule has 1 aliphatic carbocycles. The van der Waals surface area contributed by atoms with E-state index >= 15 is 0 Å². The smallest absolute Gasteiger partial charge is 0.340 e. The lowest BCUT2D eigenvalue weighted by Gasteiger charge is -2.22. The first kappa shape index (κ1) is 15.3. The van der Waals surface area contributed by atoms with Gasteiger partial charge in [0, 0.05) is 22.6 Å². The van der Waals surface area contributed by atoms with Gasteiger partial charge in [-0.05, 0) is 48.9 Å². The average Bonchev–Trinajstić information content (AvgIpc) is 3.20. The van der Waals surface area contributed by atoms with Crippen LogP contribution >= 0.6 is 0 Å². The van der Waals surface area contributed by atoms with Gasteiger partial charge in [0.05, 0.1) is 29.1 Å². The Morgan fingerprint density at radius 2 is 2.07 bits per heavy atom. The summed E-state index contributed by atoms with van der Waals surface area (Å²) in [6.07, 6.45) is 1.61. The van der Waals surface area contributed by atoms with E-state index in [1.165, 1.54) is 17.2 Å². The van der Waals surface area contributed by atoms with Crippen molar-refractivity contribution in [1.29, 1.82) is 0 Å². The van der Waals surface area contributed by atoms with Gasteiger partial charge < -0.3 is 14.4 Å². The molecule has 3 aliphatic rings. The van der Waals surface area contributed by atoms with Gasteiger partial charge in [-0.15, -0.1) is 0 Å². The van der Waals surface area contributed by atoms with Crippen LogP contribution in [0.15, 0.2) is 12.1 Å². The van der Waals surface area contributed by atoms with E-state index in [0.29, 0.717) is 17.6 Å². The minimum Gasteiger partial charge on any atom is -0.457 e. The second-order valence-electron chi connectivity index (χ2n) is 7.66. The first-order valence-corrected chi connectivity index (χ1v) is 9.25. The molecule has 4 heterocycles. The lowest BCUT2D eigenvalue weighted by atomic mass is 9.84. The number of hydrogen-bond acceptors (Lipinski definition) is 4. The van der Waals surface area contributed by atoms with Crippen molar-refractivity contribution >= 4 is 16.9 Å². The van der Waals surface area contributed by atoms with Gasteiger partial charge in [0.15, 0.2) is 6.10 Å². The second kappa shape index (κ2) is 4.95. The van der Waals surface area contributed by atoms with Crippen molar-refractivity contribution in [2.45, 2.75) is 45.4 Å². The monoisotopic (exact) mass is 364 g/mol. The molecule has 0 radical (unpaired) electrons. The summed E-state index contributed by atoms with van der Waals surface area (Å²) in [5.41, 5.74) is 8.09. The molecule has 0 bridgehead atoms. The van der Waals surface area contributed by atoms with Crippen molar-refractivity contribution in [1.82, 2.24) is 9.55 Å². The fraction of sp³-hybridized carbons (Fsp3) is 0.333. The molecule has 3 aromatic rings. The zero-order chi connectivity index (χ0) is 18.4. The number of esters is 1. The number of aliphatic hydroxyl groups excluding tert-OH is 1. The highest BCUT2D eigenvalue weighted by molar-refractivity contribution is 5.92. The molecule has 0 spiro atoms. The summed E-state index contributed by atoms with van der Waals surface area (Å²) in [7, 11) is 0. The van der Waals surface area contributed by atoms with E-state index in [1.807, 2.05) is 13.0 Å². The van der Waals surface area contributed by atoms with Crippen molar-refractivity contribution in [3.8, 4) is 11.4 Å². The molecule has 2 aliphatic heterocycles. The van der Waals surface area contributed by atoms with E-state index in [2.05, 4.69) is 4.57 Å². The van der Waals surface area contributed by atoms with E-state index in [9.17, 15) is 14.3 Å². The number of pyridine rings is 1. The van der Waals surface area contributed by atoms with E-state index in [4.69, 9.17) is 9.72 Å². The zero-order valence-corrected chi connectivity index (χ0v) is 14.8. The molecule has 1 unspecified atom stereocenters. The van der Waals surface area contributed by atoms with Gasteiger partial charge in [-0.3, -0.25) is 0 Å². The normalized spacial score (nSPS) is 19.7. The molecule has 0 fully saturated rings. The summed E-state index contributed by atoms with van der Waals surface area (Å²) in [6.45, 7) is 2.66. The standard InChI is InChI=1S/C21H17FN2O3/c1-9-10-3-2-4-11-13-7-24-16(5-12-17(24)8-27-21(26)20(12)25)19(13)23-15(18(10)11)6-14(9)22/h5-6,20,25H,2-4,7-8H2,1H3. The van der Waals surface area contributed by atoms with Crippen LogP contribution in [0, 0.1) is 12.7 Å². The number of aliphatic hydroxyl groups is 1. The molecule has 136 valence electrons. The van der Waals surface area contributed by atoms with Crippen LogP contribution in [0.5, 0.6) is 0 Å². The fourth-order valence-corrected chi connectivity index (χ4v) is 4.99. The van der Waals surface area contributed by atoms with E-state index in [-0.39, 0.29) is 12.4 Å². The van der Waals surface area contributed by atoms with Crippen LogP contribution in [0.25, 0.3) is 22.3 Å². The van der Waals surface area contributed by atoms with Crippen LogP contribution in [0.4, 0.5) is 4.39 Å². The molecule has 1 atom stereocenters. The summed E-state index contributed by atoms with van der Waals surface area (Å²) in [5.74, 6) is -0.823. The highest BCUT2D eigenvalue weighted by Crippen LogP contribution is 2.44. The number of benzene rings is 1. The van der Waals surface area contributed by atoms with Crippen molar-refractivity contribution in [3.05, 3.63) is 51.5 Å². The van der Waals surface area contributed by atoms with Gasteiger partial charge in [-0.25, -0.2) is 14.2 Å². The summed E-state index contributed by atoms with van der Waals surface area (Å²) >= 11 is 0. The van der Waals surface area contributed by atoms with Gasteiger partial charge in [0.25, 0.3) is 0 Å². The SMILES string of the molecule is Cc1c(F)cc2nc3c(c4c2c1CCC4)Cn1c-3cc2c1COC(=O)C2O. The minimum atomic E-state index is -1.25. The average molecular weight is 364 g/mol. The summed E-state index contributed by atoms with van der Waals surface area (Å²) < 4.78 is 21.6. The predicted octanol–water partition coefficient (Wildman–Crippen LogP) is 3.09. The Hall–Kier alpha value is -2.73. The number of aromatic nitrogens is 2. The third kappa shape index (κ3) is 1.81. The Bertz CT molecular complexity index is 1190. The quantitative estimate of drug-likeness (QED) is 0.487. The molecule has 0 saturated heterocycles. The van der Waals surface area contributed by atoms with Crippen molar-refractivity contribution in [2.75, 3.05) is 0 Å². The Morgan fingerprint density at radius 3 is 2.93 bits per heavy atom. The molecular weight excluding hydrogens is 347 g/mol. The highest BCUT2D eigenvalue weighted by atomic mass is 19.1. The molecule has 6 rings (SSSR count). The third-order valence-electron chi connectivity index (χ3n) is 6.34. The molecule has 27 heavy (non-hydrogen) atoms. The lowest BCUT2D eigenvalue weighted by Crippen LogP contribution is -2.23. The molecule has 0 amide bonds. The van der Waals surface area contributed by atoms with Crippen LogP contribution < -0.4 is 0 Å². The summed E-state index contributed by atoms with van der Waals surface area (Å²) in [6, 6.07) is 3.38.